The number of non-ortho nitro benzene ring substituents is 1. The van der Waals surface area contributed by atoms with Crippen molar-refractivity contribution < 1.29 is 18.8 Å². The highest BCUT2D eigenvalue weighted by molar-refractivity contribution is 5.34. The van der Waals surface area contributed by atoms with E-state index in [1.807, 2.05) is 0 Å². The lowest BCUT2D eigenvalue weighted by molar-refractivity contribution is -0.384. The van der Waals surface area contributed by atoms with E-state index in [1.54, 1.807) is 0 Å². The molecule has 4 nitrogen and oxygen atoms in total. The second-order valence-electron chi connectivity index (χ2n) is 2.67. The SMILES string of the molecule is O=[N+]([O-])c1ccc(C(F)(F)CO)cc1. The molecule has 6 heteroatoms. The summed E-state index contributed by atoms with van der Waals surface area (Å²) in [6.45, 7) is -1.31. The van der Waals surface area contributed by atoms with Crippen LogP contribution in [0.3, 0.4) is 0 Å². The molecule has 0 unspecified atom stereocenters. The molecule has 0 aromatic heterocycles. The summed E-state index contributed by atoms with van der Waals surface area (Å²) in [4.78, 5) is 9.52. The molecule has 0 saturated carbocycles. The van der Waals surface area contributed by atoms with Gasteiger partial charge in [-0.2, -0.15) is 8.78 Å². The Labute approximate surface area is 77.9 Å². The van der Waals surface area contributed by atoms with E-state index in [2.05, 4.69) is 0 Å². The Balaban J connectivity index is 2.99. The van der Waals surface area contributed by atoms with Crippen LogP contribution in [0.5, 0.6) is 0 Å². The number of aliphatic hydroxyl groups excluding tert-OH is 1. The molecule has 0 spiro atoms. The molecule has 0 atom stereocenters. The minimum absolute atomic E-state index is 0.262. The zero-order chi connectivity index (χ0) is 10.8. The number of rotatable bonds is 3. The molecule has 0 fully saturated rings. The second kappa shape index (κ2) is 3.67. The first-order valence-electron chi connectivity index (χ1n) is 3.71. The fourth-order valence-corrected chi connectivity index (χ4v) is 0.918. The van der Waals surface area contributed by atoms with Crippen molar-refractivity contribution in [2.75, 3.05) is 6.61 Å². The van der Waals surface area contributed by atoms with Crippen LogP contribution < -0.4 is 0 Å². The van der Waals surface area contributed by atoms with Crippen molar-refractivity contribution in [3.05, 3.63) is 39.9 Å². The maximum absolute atomic E-state index is 12.8. The Morgan fingerprint density at radius 2 is 1.86 bits per heavy atom. The van der Waals surface area contributed by atoms with Crippen molar-refractivity contribution in [3.63, 3.8) is 0 Å². The van der Waals surface area contributed by atoms with E-state index in [0.717, 1.165) is 24.3 Å². The predicted molar refractivity (Wildman–Crippen MR) is 44.1 cm³/mol. The van der Waals surface area contributed by atoms with Gasteiger partial charge in [-0.3, -0.25) is 10.1 Å². The number of nitro groups is 1. The van der Waals surface area contributed by atoms with Gasteiger partial charge in [0.2, 0.25) is 0 Å². The summed E-state index contributed by atoms with van der Waals surface area (Å²) in [5.41, 5.74) is -0.701. The number of aliphatic hydroxyl groups is 1. The van der Waals surface area contributed by atoms with Gasteiger partial charge in [-0.05, 0) is 12.1 Å². The lowest BCUT2D eigenvalue weighted by Crippen LogP contribution is -2.18. The van der Waals surface area contributed by atoms with Gasteiger partial charge in [0, 0.05) is 17.7 Å². The zero-order valence-electron chi connectivity index (χ0n) is 6.98. The number of benzene rings is 1. The van der Waals surface area contributed by atoms with Crippen LogP contribution in [0.2, 0.25) is 0 Å². The van der Waals surface area contributed by atoms with Gasteiger partial charge in [0.05, 0.1) is 4.92 Å². The van der Waals surface area contributed by atoms with E-state index in [0.29, 0.717) is 0 Å². The van der Waals surface area contributed by atoms with Gasteiger partial charge in [0.15, 0.2) is 0 Å². The van der Waals surface area contributed by atoms with Crippen LogP contribution >= 0.6 is 0 Å². The molecule has 1 N–H and O–H groups in total. The summed E-state index contributed by atoms with van der Waals surface area (Å²) in [5.74, 6) is -3.35. The number of hydrogen-bond donors (Lipinski definition) is 1. The molecule has 14 heavy (non-hydrogen) atoms. The van der Waals surface area contributed by atoms with Crippen molar-refractivity contribution in [2.45, 2.75) is 5.92 Å². The highest BCUT2D eigenvalue weighted by Crippen LogP contribution is 2.28. The van der Waals surface area contributed by atoms with E-state index in [1.165, 1.54) is 0 Å². The van der Waals surface area contributed by atoms with Crippen molar-refractivity contribution in [3.8, 4) is 0 Å². The minimum atomic E-state index is -3.35. The third-order valence-corrected chi connectivity index (χ3v) is 1.70. The summed E-state index contributed by atoms with van der Waals surface area (Å²) in [6, 6.07) is 3.79. The maximum atomic E-state index is 12.8. The van der Waals surface area contributed by atoms with Gasteiger partial charge in [-0.15, -0.1) is 0 Å². The lowest BCUT2D eigenvalue weighted by Gasteiger charge is -2.12. The normalized spacial score (nSPS) is 11.4. The molecule has 1 rings (SSSR count). The molecule has 0 saturated heterocycles. The molecule has 0 aliphatic heterocycles. The molecule has 1 aromatic carbocycles. The van der Waals surface area contributed by atoms with Crippen LogP contribution in [0.1, 0.15) is 5.56 Å². The Kier molecular flexibility index (Phi) is 2.76. The number of hydrogen-bond acceptors (Lipinski definition) is 3. The molecule has 0 aliphatic carbocycles. The number of halogens is 2. The standard InChI is InChI=1S/C8H7F2NO3/c9-8(10,5-12)6-1-3-7(4-2-6)11(13)14/h1-4,12H,5H2. The fraction of sp³-hybridized carbons (Fsp3) is 0.250. The smallest absolute Gasteiger partial charge is 0.295 e. The largest absolute Gasteiger partial charge is 0.390 e. The summed E-state index contributed by atoms with van der Waals surface area (Å²) in [5, 5.41) is 18.5. The van der Waals surface area contributed by atoms with E-state index >= 15 is 0 Å². The third-order valence-electron chi connectivity index (χ3n) is 1.70. The summed E-state index contributed by atoms with van der Waals surface area (Å²) >= 11 is 0. The highest BCUT2D eigenvalue weighted by atomic mass is 19.3. The first kappa shape index (κ1) is 10.5. The second-order valence-corrected chi connectivity index (χ2v) is 2.67. The van der Waals surface area contributed by atoms with Crippen LogP contribution in [0.15, 0.2) is 24.3 Å². The van der Waals surface area contributed by atoms with Crippen LogP contribution in [-0.2, 0) is 5.92 Å². The van der Waals surface area contributed by atoms with Gasteiger partial charge in [-0.1, -0.05) is 0 Å². The molecule has 1 aromatic rings. The Morgan fingerprint density at radius 1 is 1.36 bits per heavy atom. The highest BCUT2D eigenvalue weighted by Gasteiger charge is 2.30. The van der Waals surface area contributed by atoms with E-state index in [9.17, 15) is 18.9 Å². The fourth-order valence-electron chi connectivity index (χ4n) is 0.918. The predicted octanol–water partition coefficient (Wildman–Crippen LogP) is 1.68. The third kappa shape index (κ3) is 2.02. The molecule has 0 aliphatic rings. The van der Waals surface area contributed by atoms with E-state index in [-0.39, 0.29) is 5.69 Å². The van der Waals surface area contributed by atoms with Gasteiger partial charge in [0.1, 0.15) is 6.61 Å². The van der Waals surface area contributed by atoms with Crippen LogP contribution in [-0.4, -0.2) is 16.6 Å². The lowest BCUT2D eigenvalue weighted by atomic mass is 10.1. The average Bonchev–Trinajstić information content (AvgIpc) is 2.18. The first-order valence-corrected chi connectivity index (χ1v) is 3.71. The Hall–Kier alpha value is -1.56. The molecule has 76 valence electrons. The summed E-state index contributed by atoms with van der Waals surface area (Å²) in [7, 11) is 0. The topological polar surface area (TPSA) is 63.4 Å². The van der Waals surface area contributed by atoms with Crippen LogP contribution in [0, 0.1) is 10.1 Å². The number of nitrogens with zero attached hydrogens (tertiary/aromatic N) is 1. The molecular weight excluding hydrogens is 196 g/mol. The molecule has 0 amide bonds. The molecule has 0 radical (unpaired) electrons. The van der Waals surface area contributed by atoms with Gasteiger partial charge in [0.25, 0.3) is 11.6 Å². The van der Waals surface area contributed by atoms with Crippen molar-refractivity contribution in [2.24, 2.45) is 0 Å². The Morgan fingerprint density at radius 3 is 2.21 bits per heavy atom. The van der Waals surface area contributed by atoms with Crippen molar-refractivity contribution in [1.82, 2.24) is 0 Å². The quantitative estimate of drug-likeness (QED) is 0.600. The number of alkyl halides is 2. The first-order chi connectivity index (χ1) is 6.47. The number of nitro benzene ring substituents is 1. The average molecular weight is 203 g/mol. The molecule has 0 bridgehead atoms. The summed E-state index contributed by atoms with van der Waals surface area (Å²) in [6.07, 6.45) is 0. The maximum Gasteiger partial charge on any atom is 0.295 e. The Bertz CT molecular complexity index is 337. The molecule has 0 heterocycles. The van der Waals surface area contributed by atoms with E-state index in [4.69, 9.17) is 5.11 Å². The molecular formula is C8H7F2NO3. The van der Waals surface area contributed by atoms with Crippen molar-refractivity contribution >= 4 is 5.69 Å². The van der Waals surface area contributed by atoms with Gasteiger partial charge >= 0.3 is 0 Å². The van der Waals surface area contributed by atoms with Gasteiger partial charge < -0.3 is 5.11 Å². The van der Waals surface area contributed by atoms with Crippen LogP contribution in [0.25, 0.3) is 0 Å². The zero-order valence-corrected chi connectivity index (χ0v) is 6.98. The van der Waals surface area contributed by atoms with Crippen LogP contribution in [0.4, 0.5) is 14.5 Å². The minimum Gasteiger partial charge on any atom is -0.390 e. The monoisotopic (exact) mass is 203 g/mol. The van der Waals surface area contributed by atoms with E-state index < -0.39 is 23.0 Å². The van der Waals surface area contributed by atoms with Crippen molar-refractivity contribution in [1.29, 1.82) is 0 Å². The van der Waals surface area contributed by atoms with Gasteiger partial charge in [-0.25, -0.2) is 0 Å². The summed E-state index contributed by atoms with van der Waals surface area (Å²) < 4.78 is 25.6.